The van der Waals surface area contributed by atoms with Gasteiger partial charge in [0.15, 0.2) is 0 Å². The predicted molar refractivity (Wildman–Crippen MR) is 73.0 cm³/mol. The Labute approximate surface area is 105 Å². The van der Waals surface area contributed by atoms with Crippen LogP contribution in [-0.4, -0.2) is 16.2 Å². The number of nitrogen functional groups attached to an aromatic ring is 1. The van der Waals surface area contributed by atoms with E-state index in [0.717, 1.165) is 22.7 Å². The summed E-state index contributed by atoms with van der Waals surface area (Å²) in [5.41, 5.74) is 8.97. The predicted octanol–water partition coefficient (Wildman–Crippen LogP) is 3.01. The fourth-order valence-electron chi connectivity index (χ4n) is 1.61. The molecule has 88 valence electrons. The quantitative estimate of drug-likeness (QED) is 0.667. The highest BCUT2D eigenvalue weighted by molar-refractivity contribution is 7.98. The van der Waals surface area contributed by atoms with Gasteiger partial charge in [-0.15, -0.1) is 11.8 Å². The Bertz CT molecular complexity index is 509. The second-order valence-electron chi connectivity index (χ2n) is 3.70. The second-order valence-corrected chi connectivity index (χ2v) is 4.53. The molecule has 0 unspecified atom stereocenters. The van der Waals surface area contributed by atoms with Crippen LogP contribution in [0.1, 0.15) is 12.5 Å². The summed E-state index contributed by atoms with van der Waals surface area (Å²) in [6, 6.07) is 10.3. The summed E-state index contributed by atoms with van der Waals surface area (Å²) in [6.07, 6.45) is 3.02. The number of thioether (sulfide) groups is 1. The standard InChI is InChI=1S/C13H15N3S/c1-3-9-4-6-10(7-5-9)11-8-12(17-2)16-13(14)15-11/h4-8H,3H2,1-2H3,(H2,14,15,16). The van der Waals surface area contributed by atoms with Gasteiger partial charge in [-0.2, -0.15) is 0 Å². The van der Waals surface area contributed by atoms with Crippen LogP contribution >= 0.6 is 11.8 Å². The molecule has 0 aliphatic heterocycles. The molecule has 1 heterocycles. The van der Waals surface area contributed by atoms with Gasteiger partial charge in [0.05, 0.1) is 5.69 Å². The molecular weight excluding hydrogens is 230 g/mol. The van der Waals surface area contributed by atoms with Gasteiger partial charge in [-0.1, -0.05) is 31.2 Å². The Balaban J connectivity index is 2.41. The van der Waals surface area contributed by atoms with Crippen LogP contribution in [0.2, 0.25) is 0 Å². The number of nitrogens with zero attached hydrogens (tertiary/aromatic N) is 2. The molecule has 1 aromatic carbocycles. The lowest BCUT2D eigenvalue weighted by molar-refractivity contribution is 1.07. The molecule has 2 aromatic rings. The first-order valence-corrected chi connectivity index (χ1v) is 6.73. The van der Waals surface area contributed by atoms with Gasteiger partial charge in [-0.05, 0) is 24.3 Å². The van der Waals surface area contributed by atoms with E-state index < -0.39 is 0 Å². The largest absolute Gasteiger partial charge is 0.368 e. The van der Waals surface area contributed by atoms with Crippen LogP contribution in [0.4, 0.5) is 5.95 Å². The number of aryl methyl sites for hydroxylation is 1. The summed E-state index contributed by atoms with van der Waals surface area (Å²) in [5, 5.41) is 0.895. The van der Waals surface area contributed by atoms with Crippen molar-refractivity contribution in [1.29, 1.82) is 0 Å². The normalized spacial score (nSPS) is 10.5. The van der Waals surface area contributed by atoms with Gasteiger partial charge >= 0.3 is 0 Å². The first kappa shape index (κ1) is 11.9. The van der Waals surface area contributed by atoms with Crippen LogP contribution in [0.25, 0.3) is 11.3 Å². The summed E-state index contributed by atoms with van der Waals surface area (Å²) in [6.45, 7) is 2.14. The monoisotopic (exact) mass is 245 g/mol. The smallest absolute Gasteiger partial charge is 0.221 e. The van der Waals surface area contributed by atoms with Crippen molar-refractivity contribution < 1.29 is 0 Å². The van der Waals surface area contributed by atoms with Gasteiger partial charge in [-0.25, -0.2) is 9.97 Å². The molecule has 0 spiro atoms. The van der Waals surface area contributed by atoms with Crippen molar-refractivity contribution in [2.75, 3.05) is 12.0 Å². The molecule has 0 atom stereocenters. The SMILES string of the molecule is CCc1ccc(-c2cc(SC)nc(N)n2)cc1. The van der Waals surface area contributed by atoms with Gasteiger partial charge in [0.2, 0.25) is 5.95 Å². The maximum atomic E-state index is 5.69. The third-order valence-electron chi connectivity index (χ3n) is 2.59. The molecule has 0 aliphatic rings. The molecule has 17 heavy (non-hydrogen) atoms. The van der Waals surface area contributed by atoms with Crippen LogP contribution in [0.15, 0.2) is 35.4 Å². The number of aromatic nitrogens is 2. The van der Waals surface area contributed by atoms with E-state index in [4.69, 9.17) is 5.73 Å². The summed E-state index contributed by atoms with van der Waals surface area (Å²) in [7, 11) is 0. The van der Waals surface area contributed by atoms with E-state index in [2.05, 4.69) is 41.2 Å². The van der Waals surface area contributed by atoms with Gasteiger partial charge in [-0.3, -0.25) is 0 Å². The van der Waals surface area contributed by atoms with Crippen molar-refractivity contribution in [3.8, 4) is 11.3 Å². The minimum absolute atomic E-state index is 0.325. The van der Waals surface area contributed by atoms with Crippen molar-refractivity contribution in [1.82, 2.24) is 9.97 Å². The Morgan fingerprint density at radius 3 is 2.47 bits per heavy atom. The zero-order chi connectivity index (χ0) is 12.3. The Morgan fingerprint density at radius 1 is 1.18 bits per heavy atom. The van der Waals surface area contributed by atoms with Crippen LogP contribution in [-0.2, 0) is 6.42 Å². The molecule has 0 radical (unpaired) electrons. The first-order chi connectivity index (χ1) is 8.22. The van der Waals surface area contributed by atoms with E-state index in [1.54, 1.807) is 11.8 Å². The summed E-state index contributed by atoms with van der Waals surface area (Å²) < 4.78 is 0. The Kier molecular flexibility index (Phi) is 3.64. The molecule has 3 nitrogen and oxygen atoms in total. The van der Waals surface area contributed by atoms with E-state index in [9.17, 15) is 0 Å². The number of rotatable bonds is 3. The van der Waals surface area contributed by atoms with E-state index in [1.165, 1.54) is 5.56 Å². The maximum Gasteiger partial charge on any atom is 0.221 e. The van der Waals surface area contributed by atoms with Crippen LogP contribution in [0.5, 0.6) is 0 Å². The average molecular weight is 245 g/mol. The topological polar surface area (TPSA) is 51.8 Å². The Hall–Kier alpha value is -1.55. The van der Waals surface area contributed by atoms with Gasteiger partial charge < -0.3 is 5.73 Å². The molecule has 1 aromatic heterocycles. The molecule has 0 bridgehead atoms. The molecule has 0 aliphatic carbocycles. The van der Waals surface area contributed by atoms with Crippen LogP contribution in [0.3, 0.4) is 0 Å². The molecule has 0 amide bonds. The zero-order valence-corrected chi connectivity index (χ0v) is 10.8. The van der Waals surface area contributed by atoms with E-state index in [1.807, 2.05) is 12.3 Å². The molecule has 0 saturated heterocycles. The molecule has 2 rings (SSSR count). The van der Waals surface area contributed by atoms with Gasteiger partial charge in [0, 0.05) is 5.56 Å². The number of anilines is 1. The molecule has 0 fully saturated rings. The van der Waals surface area contributed by atoms with Crippen molar-refractivity contribution in [2.24, 2.45) is 0 Å². The van der Waals surface area contributed by atoms with Gasteiger partial charge in [0.25, 0.3) is 0 Å². The number of hydrogen-bond acceptors (Lipinski definition) is 4. The first-order valence-electron chi connectivity index (χ1n) is 5.50. The summed E-state index contributed by atoms with van der Waals surface area (Å²) in [4.78, 5) is 8.40. The molecule has 4 heteroatoms. The Morgan fingerprint density at radius 2 is 1.88 bits per heavy atom. The minimum Gasteiger partial charge on any atom is -0.368 e. The van der Waals surface area contributed by atoms with Crippen molar-refractivity contribution in [2.45, 2.75) is 18.4 Å². The highest BCUT2D eigenvalue weighted by Gasteiger charge is 2.04. The number of hydrogen-bond donors (Lipinski definition) is 1. The lowest BCUT2D eigenvalue weighted by Crippen LogP contribution is -1.97. The van der Waals surface area contributed by atoms with Gasteiger partial charge in [0.1, 0.15) is 5.03 Å². The number of benzene rings is 1. The fraction of sp³-hybridized carbons (Fsp3) is 0.231. The second kappa shape index (κ2) is 5.19. The zero-order valence-electron chi connectivity index (χ0n) is 9.97. The van der Waals surface area contributed by atoms with E-state index in [0.29, 0.717) is 5.95 Å². The molecule has 2 N–H and O–H groups in total. The van der Waals surface area contributed by atoms with E-state index >= 15 is 0 Å². The molecular formula is C13H15N3S. The average Bonchev–Trinajstić information content (AvgIpc) is 2.38. The molecule has 0 saturated carbocycles. The van der Waals surface area contributed by atoms with Crippen LogP contribution in [0, 0.1) is 0 Å². The highest BCUT2D eigenvalue weighted by atomic mass is 32.2. The van der Waals surface area contributed by atoms with Crippen molar-refractivity contribution >= 4 is 17.7 Å². The third kappa shape index (κ3) is 2.77. The maximum absolute atomic E-state index is 5.69. The van der Waals surface area contributed by atoms with E-state index in [-0.39, 0.29) is 0 Å². The lowest BCUT2D eigenvalue weighted by atomic mass is 10.1. The van der Waals surface area contributed by atoms with Crippen LogP contribution < -0.4 is 5.73 Å². The summed E-state index contributed by atoms with van der Waals surface area (Å²) in [5.74, 6) is 0.325. The lowest BCUT2D eigenvalue weighted by Gasteiger charge is -2.05. The fourth-order valence-corrected chi connectivity index (χ4v) is 2.02. The third-order valence-corrected chi connectivity index (χ3v) is 3.21. The highest BCUT2D eigenvalue weighted by Crippen LogP contribution is 2.22. The van der Waals surface area contributed by atoms with Crippen molar-refractivity contribution in [3.05, 3.63) is 35.9 Å². The summed E-state index contributed by atoms with van der Waals surface area (Å²) >= 11 is 1.57. The van der Waals surface area contributed by atoms with Crippen molar-refractivity contribution in [3.63, 3.8) is 0 Å². The number of nitrogens with two attached hydrogens (primary N) is 1. The minimum atomic E-state index is 0.325.